The van der Waals surface area contributed by atoms with Crippen molar-refractivity contribution in [3.8, 4) is 0 Å². The van der Waals surface area contributed by atoms with Gasteiger partial charge in [-0.1, -0.05) is 60.7 Å². The van der Waals surface area contributed by atoms with Crippen molar-refractivity contribution in [3.05, 3.63) is 78.4 Å². The molecule has 1 saturated heterocycles. The van der Waals surface area contributed by atoms with E-state index in [4.69, 9.17) is 4.74 Å². The third kappa shape index (κ3) is 3.81. The van der Waals surface area contributed by atoms with Gasteiger partial charge in [0.15, 0.2) is 0 Å². The van der Waals surface area contributed by atoms with Crippen LogP contribution in [0.5, 0.6) is 0 Å². The second-order valence-corrected chi connectivity index (χ2v) is 7.08. The molecule has 0 aromatic heterocycles. The molecule has 4 rings (SSSR count). The molecule has 27 heavy (non-hydrogen) atoms. The summed E-state index contributed by atoms with van der Waals surface area (Å²) in [6.07, 6.45) is 1.40. The lowest BCUT2D eigenvalue weighted by Crippen LogP contribution is -2.34. The van der Waals surface area contributed by atoms with Crippen LogP contribution in [0.4, 0.5) is 10.5 Å². The molecule has 1 aliphatic heterocycles. The first kappa shape index (κ1) is 17.6. The Morgan fingerprint density at radius 2 is 1.78 bits per heavy atom. The first-order valence-corrected chi connectivity index (χ1v) is 9.43. The molecule has 138 valence electrons. The quantitative estimate of drug-likeness (QED) is 0.693. The van der Waals surface area contributed by atoms with Gasteiger partial charge in [-0.05, 0) is 49.3 Å². The van der Waals surface area contributed by atoms with E-state index >= 15 is 0 Å². The number of hydrogen-bond acceptors (Lipinski definition) is 3. The number of hydrogen-bond donors (Lipinski definition) is 1. The van der Waals surface area contributed by atoms with Crippen molar-refractivity contribution in [1.82, 2.24) is 4.90 Å². The standard InChI is InChI=1S/C23H24N2O2/c1-25-16-8-15-21(25)22(27-23(26)24-18-11-3-2-4-12-18)20-14-7-10-17-9-5-6-13-19(17)20/h2-7,9-14,21-22H,8,15-16H2,1H3,(H,24,26)/t21-,22+/m0/s1. The molecule has 2 atom stereocenters. The molecule has 0 aliphatic carbocycles. The molecular weight excluding hydrogens is 336 g/mol. The number of carbonyl (C=O) groups is 1. The molecule has 4 nitrogen and oxygen atoms in total. The second-order valence-electron chi connectivity index (χ2n) is 7.08. The first-order valence-electron chi connectivity index (χ1n) is 9.43. The molecule has 3 aromatic rings. The molecule has 0 bridgehead atoms. The molecule has 0 saturated carbocycles. The molecule has 4 heteroatoms. The van der Waals surface area contributed by atoms with Crippen LogP contribution in [0.2, 0.25) is 0 Å². The van der Waals surface area contributed by atoms with Crippen molar-refractivity contribution in [1.29, 1.82) is 0 Å². The zero-order chi connectivity index (χ0) is 18.6. The minimum atomic E-state index is -0.417. The Kier molecular flexibility index (Phi) is 5.07. The van der Waals surface area contributed by atoms with Crippen LogP contribution >= 0.6 is 0 Å². The Bertz CT molecular complexity index is 921. The number of para-hydroxylation sites is 1. The summed E-state index contributed by atoms with van der Waals surface area (Å²) in [6.45, 7) is 1.02. The monoisotopic (exact) mass is 360 g/mol. The molecule has 1 N–H and O–H groups in total. The summed E-state index contributed by atoms with van der Waals surface area (Å²) in [5.41, 5.74) is 1.80. The van der Waals surface area contributed by atoms with Gasteiger partial charge in [0.1, 0.15) is 6.10 Å². The van der Waals surface area contributed by atoms with E-state index in [1.165, 1.54) is 0 Å². The Hall–Kier alpha value is -2.85. The van der Waals surface area contributed by atoms with Gasteiger partial charge in [0.25, 0.3) is 0 Å². The molecule has 0 radical (unpaired) electrons. The second kappa shape index (κ2) is 7.80. The van der Waals surface area contributed by atoms with E-state index in [0.29, 0.717) is 0 Å². The fourth-order valence-electron chi connectivity index (χ4n) is 3.95. The number of nitrogens with zero attached hydrogens (tertiary/aromatic N) is 1. The van der Waals surface area contributed by atoms with Crippen LogP contribution in [-0.4, -0.2) is 30.6 Å². The van der Waals surface area contributed by atoms with Crippen molar-refractivity contribution < 1.29 is 9.53 Å². The topological polar surface area (TPSA) is 41.6 Å². The number of anilines is 1. The van der Waals surface area contributed by atoms with Crippen LogP contribution in [0, 0.1) is 0 Å². The number of likely N-dealkylation sites (N-methyl/N-ethyl adjacent to an activating group) is 1. The SMILES string of the molecule is CN1CCC[C@H]1[C@H](OC(=O)Nc1ccccc1)c1cccc2ccccc12. The Morgan fingerprint density at radius 3 is 2.56 bits per heavy atom. The number of likely N-dealkylation sites (tertiary alicyclic amines) is 1. The zero-order valence-corrected chi connectivity index (χ0v) is 15.5. The fraction of sp³-hybridized carbons (Fsp3) is 0.261. The Balaban J connectivity index is 1.66. The minimum Gasteiger partial charge on any atom is -0.439 e. The number of carbonyl (C=O) groups excluding carboxylic acids is 1. The normalized spacial score (nSPS) is 18.3. The first-order chi connectivity index (χ1) is 13.2. The maximum atomic E-state index is 12.6. The van der Waals surface area contributed by atoms with Gasteiger partial charge in [0, 0.05) is 11.3 Å². The highest BCUT2D eigenvalue weighted by Crippen LogP contribution is 2.35. The summed E-state index contributed by atoms with van der Waals surface area (Å²) in [7, 11) is 2.11. The number of nitrogens with one attached hydrogen (secondary N) is 1. The van der Waals surface area contributed by atoms with Crippen molar-refractivity contribution in [3.63, 3.8) is 0 Å². The van der Waals surface area contributed by atoms with E-state index < -0.39 is 6.09 Å². The zero-order valence-electron chi connectivity index (χ0n) is 15.5. The van der Waals surface area contributed by atoms with Gasteiger partial charge in [0.2, 0.25) is 0 Å². The third-order valence-corrected chi connectivity index (χ3v) is 5.31. The predicted molar refractivity (Wildman–Crippen MR) is 109 cm³/mol. The Labute approximate surface area is 159 Å². The average molecular weight is 360 g/mol. The van der Waals surface area contributed by atoms with E-state index in [1.807, 2.05) is 48.5 Å². The molecule has 0 spiro atoms. The van der Waals surface area contributed by atoms with Crippen LogP contribution in [0.15, 0.2) is 72.8 Å². The van der Waals surface area contributed by atoms with Crippen LogP contribution in [0.25, 0.3) is 10.8 Å². The average Bonchev–Trinajstić information content (AvgIpc) is 3.12. The number of fused-ring (bicyclic) bond motifs is 1. The molecular formula is C23H24N2O2. The van der Waals surface area contributed by atoms with Crippen molar-refractivity contribution in [2.24, 2.45) is 0 Å². The Morgan fingerprint density at radius 1 is 1.04 bits per heavy atom. The molecule has 1 fully saturated rings. The van der Waals surface area contributed by atoms with Gasteiger partial charge in [-0.3, -0.25) is 10.2 Å². The maximum Gasteiger partial charge on any atom is 0.412 e. The van der Waals surface area contributed by atoms with E-state index in [0.717, 1.165) is 41.4 Å². The lowest BCUT2D eigenvalue weighted by Gasteiger charge is -2.30. The number of rotatable bonds is 4. The van der Waals surface area contributed by atoms with Crippen molar-refractivity contribution in [2.75, 3.05) is 18.9 Å². The fourth-order valence-corrected chi connectivity index (χ4v) is 3.95. The van der Waals surface area contributed by atoms with Crippen LogP contribution in [0.1, 0.15) is 24.5 Å². The van der Waals surface area contributed by atoms with Gasteiger partial charge in [0.05, 0.1) is 6.04 Å². The highest BCUT2D eigenvalue weighted by Gasteiger charge is 2.34. The van der Waals surface area contributed by atoms with E-state index in [2.05, 4.69) is 41.5 Å². The summed E-state index contributed by atoms with van der Waals surface area (Å²) in [6, 6.07) is 24.1. The molecule has 0 unspecified atom stereocenters. The number of amides is 1. The summed E-state index contributed by atoms with van der Waals surface area (Å²) >= 11 is 0. The largest absolute Gasteiger partial charge is 0.439 e. The van der Waals surface area contributed by atoms with Gasteiger partial charge in [-0.15, -0.1) is 0 Å². The van der Waals surface area contributed by atoms with Crippen molar-refractivity contribution >= 4 is 22.6 Å². The lowest BCUT2D eigenvalue weighted by atomic mass is 9.95. The van der Waals surface area contributed by atoms with Crippen molar-refractivity contribution in [2.45, 2.75) is 25.0 Å². The van der Waals surface area contributed by atoms with Crippen LogP contribution < -0.4 is 5.32 Å². The van der Waals surface area contributed by atoms with Gasteiger partial charge >= 0.3 is 6.09 Å². The minimum absolute atomic E-state index is 0.178. The molecule has 1 amide bonds. The molecule has 3 aromatic carbocycles. The van der Waals surface area contributed by atoms with E-state index in [-0.39, 0.29) is 12.1 Å². The summed E-state index contributed by atoms with van der Waals surface area (Å²) in [4.78, 5) is 14.9. The molecule has 1 heterocycles. The van der Waals surface area contributed by atoms with E-state index in [1.54, 1.807) is 0 Å². The third-order valence-electron chi connectivity index (χ3n) is 5.31. The number of ether oxygens (including phenoxy) is 1. The van der Waals surface area contributed by atoms with Gasteiger partial charge in [-0.25, -0.2) is 4.79 Å². The maximum absolute atomic E-state index is 12.6. The van der Waals surface area contributed by atoms with Gasteiger partial charge in [-0.2, -0.15) is 0 Å². The van der Waals surface area contributed by atoms with E-state index in [9.17, 15) is 4.79 Å². The summed E-state index contributed by atoms with van der Waals surface area (Å²) in [5, 5.41) is 5.15. The predicted octanol–water partition coefficient (Wildman–Crippen LogP) is 5.22. The van der Waals surface area contributed by atoms with Crippen LogP contribution in [-0.2, 0) is 4.74 Å². The summed E-state index contributed by atoms with van der Waals surface area (Å²) in [5.74, 6) is 0. The summed E-state index contributed by atoms with van der Waals surface area (Å²) < 4.78 is 6.01. The van der Waals surface area contributed by atoms with Gasteiger partial charge < -0.3 is 4.74 Å². The molecule has 1 aliphatic rings. The lowest BCUT2D eigenvalue weighted by molar-refractivity contribution is 0.0592. The highest BCUT2D eigenvalue weighted by molar-refractivity contribution is 5.87. The number of benzene rings is 3. The highest BCUT2D eigenvalue weighted by atomic mass is 16.6. The van der Waals surface area contributed by atoms with Crippen LogP contribution in [0.3, 0.4) is 0 Å². The smallest absolute Gasteiger partial charge is 0.412 e.